The Hall–Kier alpha value is -3.11. The number of rotatable bonds is 7. The lowest BCUT2D eigenvalue weighted by molar-refractivity contribution is -0.148. The summed E-state index contributed by atoms with van der Waals surface area (Å²) in [7, 11) is 0. The van der Waals surface area contributed by atoms with Gasteiger partial charge in [-0.2, -0.15) is 0 Å². The molecule has 3 aromatic carbocycles. The third-order valence-corrected chi connectivity index (χ3v) is 5.00. The van der Waals surface area contributed by atoms with Gasteiger partial charge in [-0.05, 0) is 29.2 Å². The summed E-state index contributed by atoms with van der Waals surface area (Å²) >= 11 is 0. The van der Waals surface area contributed by atoms with Crippen molar-refractivity contribution in [2.24, 2.45) is 0 Å². The maximum absolute atomic E-state index is 12.4. The van der Waals surface area contributed by atoms with Gasteiger partial charge in [0.1, 0.15) is 19.0 Å². The van der Waals surface area contributed by atoms with Gasteiger partial charge in [-0.3, -0.25) is 4.79 Å². The number of carbonyl (C=O) groups is 1. The molecule has 0 unspecified atom stereocenters. The normalized spacial score (nSPS) is 15.4. The van der Waals surface area contributed by atoms with Gasteiger partial charge in [-0.15, -0.1) is 0 Å². The minimum absolute atomic E-state index is 0.172. The quantitative estimate of drug-likeness (QED) is 0.534. The predicted octanol–water partition coefficient (Wildman–Crippen LogP) is 5.01. The van der Waals surface area contributed by atoms with Crippen LogP contribution in [0.1, 0.15) is 34.8 Å². The molecule has 4 heteroatoms. The summed E-state index contributed by atoms with van der Waals surface area (Å²) in [6.07, 6.45) is 0.632. The van der Waals surface area contributed by atoms with Crippen LogP contribution in [-0.4, -0.2) is 12.6 Å². The third-order valence-electron chi connectivity index (χ3n) is 5.00. The maximum atomic E-state index is 12.4. The minimum atomic E-state index is -0.353. The number of esters is 1. The standard InChI is InChI=1S/C25H24O4/c26-24(29-18-20-10-5-2-6-11-20)16-23-25-21(14-15-27-23)12-7-13-22(25)28-17-19-8-3-1-4-9-19/h1-13,23H,14-18H2/t23-/m1/s1. The van der Waals surface area contributed by atoms with Gasteiger partial charge >= 0.3 is 5.97 Å². The van der Waals surface area contributed by atoms with Gasteiger partial charge in [-0.25, -0.2) is 0 Å². The number of hydrogen-bond acceptors (Lipinski definition) is 4. The highest BCUT2D eigenvalue weighted by Crippen LogP contribution is 2.37. The van der Waals surface area contributed by atoms with Crippen molar-refractivity contribution >= 4 is 5.97 Å². The van der Waals surface area contributed by atoms with E-state index in [1.807, 2.05) is 72.8 Å². The summed E-state index contributed by atoms with van der Waals surface area (Å²) in [6, 6.07) is 25.7. The molecule has 0 saturated carbocycles. The van der Waals surface area contributed by atoms with Crippen molar-refractivity contribution in [2.45, 2.75) is 32.2 Å². The number of carbonyl (C=O) groups excluding carboxylic acids is 1. The van der Waals surface area contributed by atoms with E-state index in [-0.39, 0.29) is 25.1 Å². The van der Waals surface area contributed by atoms with E-state index < -0.39 is 0 Å². The first-order valence-corrected chi connectivity index (χ1v) is 9.89. The number of ether oxygens (including phenoxy) is 3. The fraction of sp³-hybridized carbons (Fsp3) is 0.240. The molecule has 1 aliphatic rings. The van der Waals surface area contributed by atoms with Crippen LogP contribution in [0.25, 0.3) is 0 Å². The molecular weight excluding hydrogens is 364 g/mol. The van der Waals surface area contributed by atoms with Crippen LogP contribution in [0.5, 0.6) is 5.75 Å². The largest absolute Gasteiger partial charge is 0.489 e. The van der Waals surface area contributed by atoms with Crippen molar-refractivity contribution in [3.05, 3.63) is 101 Å². The lowest BCUT2D eigenvalue weighted by Gasteiger charge is -2.27. The van der Waals surface area contributed by atoms with E-state index in [1.165, 1.54) is 5.56 Å². The first-order chi connectivity index (χ1) is 14.3. The molecule has 1 aliphatic heterocycles. The van der Waals surface area contributed by atoms with Crippen LogP contribution in [0.2, 0.25) is 0 Å². The molecule has 0 aromatic heterocycles. The van der Waals surface area contributed by atoms with E-state index in [1.54, 1.807) is 0 Å². The van der Waals surface area contributed by atoms with E-state index >= 15 is 0 Å². The summed E-state index contributed by atoms with van der Waals surface area (Å²) in [5.74, 6) is 0.497. The second kappa shape index (κ2) is 9.39. The Balaban J connectivity index is 1.44. The third kappa shape index (κ3) is 5.04. The summed E-state index contributed by atoms with van der Waals surface area (Å²) in [4.78, 5) is 12.4. The summed E-state index contributed by atoms with van der Waals surface area (Å²) < 4.78 is 17.5. The average Bonchev–Trinajstić information content (AvgIpc) is 2.78. The molecular formula is C25H24O4. The molecule has 3 aromatic rings. The molecule has 0 amide bonds. The molecule has 0 saturated heterocycles. The Morgan fingerprint density at radius 2 is 1.55 bits per heavy atom. The molecule has 0 fully saturated rings. The summed E-state index contributed by atoms with van der Waals surface area (Å²) in [5, 5.41) is 0. The molecule has 0 N–H and O–H groups in total. The average molecular weight is 388 g/mol. The van der Waals surface area contributed by atoms with Gasteiger partial charge in [0, 0.05) is 5.56 Å². The Labute approximate surface area is 171 Å². The zero-order valence-electron chi connectivity index (χ0n) is 16.3. The lowest BCUT2D eigenvalue weighted by Crippen LogP contribution is -2.21. The summed E-state index contributed by atoms with van der Waals surface area (Å²) in [5.41, 5.74) is 4.20. The van der Waals surface area contributed by atoms with E-state index in [2.05, 4.69) is 6.07 Å². The molecule has 4 nitrogen and oxygen atoms in total. The van der Waals surface area contributed by atoms with Gasteiger partial charge in [-0.1, -0.05) is 72.8 Å². The first-order valence-electron chi connectivity index (χ1n) is 9.89. The monoisotopic (exact) mass is 388 g/mol. The van der Waals surface area contributed by atoms with E-state index in [4.69, 9.17) is 14.2 Å². The predicted molar refractivity (Wildman–Crippen MR) is 110 cm³/mol. The second-order valence-electron chi connectivity index (χ2n) is 7.06. The molecule has 0 bridgehead atoms. The van der Waals surface area contributed by atoms with Crippen molar-refractivity contribution < 1.29 is 19.0 Å². The molecule has 29 heavy (non-hydrogen) atoms. The maximum Gasteiger partial charge on any atom is 0.309 e. The number of fused-ring (bicyclic) bond motifs is 1. The highest BCUT2D eigenvalue weighted by atomic mass is 16.5. The Kier molecular flexibility index (Phi) is 6.22. The van der Waals surface area contributed by atoms with E-state index in [0.717, 1.165) is 28.9 Å². The number of hydrogen-bond donors (Lipinski definition) is 0. The molecule has 4 rings (SSSR count). The van der Waals surface area contributed by atoms with Gasteiger partial charge in [0.25, 0.3) is 0 Å². The van der Waals surface area contributed by atoms with Crippen LogP contribution < -0.4 is 4.74 Å². The topological polar surface area (TPSA) is 44.8 Å². The van der Waals surface area contributed by atoms with Crippen molar-refractivity contribution in [2.75, 3.05) is 6.61 Å². The lowest BCUT2D eigenvalue weighted by atomic mass is 9.94. The second-order valence-corrected chi connectivity index (χ2v) is 7.06. The molecule has 1 heterocycles. The Morgan fingerprint density at radius 1 is 0.862 bits per heavy atom. The molecule has 1 atom stereocenters. The van der Waals surface area contributed by atoms with Crippen LogP contribution >= 0.6 is 0 Å². The SMILES string of the molecule is O=C(C[C@H]1OCCc2cccc(OCc3ccccc3)c21)OCc1ccccc1. The van der Waals surface area contributed by atoms with Crippen LogP contribution in [0.3, 0.4) is 0 Å². The highest BCUT2D eigenvalue weighted by Gasteiger charge is 2.27. The van der Waals surface area contributed by atoms with Gasteiger partial charge in [0.05, 0.1) is 19.1 Å². The van der Waals surface area contributed by atoms with Gasteiger partial charge in [0.2, 0.25) is 0 Å². The summed E-state index contributed by atoms with van der Waals surface area (Å²) in [6.45, 7) is 1.33. The molecule has 0 spiro atoms. The van der Waals surface area contributed by atoms with E-state index in [0.29, 0.717) is 13.2 Å². The fourth-order valence-electron chi connectivity index (χ4n) is 3.54. The number of benzene rings is 3. The minimum Gasteiger partial charge on any atom is -0.489 e. The zero-order valence-corrected chi connectivity index (χ0v) is 16.3. The van der Waals surface area contributed by atoms with Crippen LogP contribution in [0.4, 0.5) is 0 Å². The van der Waals surface area contributed by atoms with Crippen LogP contribution in [-0.2, 0) is 33.9 Å². The zero-order chi connectivity index (χ0) is 19.9. The highest BCUT2D eigenvalue weighted by molar-refractivity contribution is 5.71. The van der Waals surface area contributed by atoms with Crippen LogP contribution in [0, 0.1) is 0 Å². The molecule has 0 aliphatic carbocycles. The first kappa shape index (κ1) is 19.2. The van der Waals surface area contributed by atoms with Crippen LogP contribution in [0.15, 0.2) is 78.9 Å². The van der Waals surface area contributed by atoms with Gasteiger partial charge in [0.15, 0.2) is 0 Å². The molecule has 0 radical (unpaired) electrons. The van der Waals surface area contributed by atoms with Crippen molar-refractivity contribution in [3.63, 3.8) is 0 Å². The molecule has 148 valence electrons. The fourth-order valence-corrected chi connectivity index (χ4v) is 3.54. The Bertz CT molecular complexity index is 938. The van der Waals surface area contributed by atoms with Crippen molar-refractivity contribution in [1.82, 2.24) is 0 Å². The smallest absolute Gasteiger partial charge is 0.309 e. The Morgan fingerprint density at radius 3 is 2.28 bits per heavy atom. The van der Waals surface area contributed by atoms with E-state index in [9.17, 15) is 4.79 Å². The van der Waals surface area contributed by atoms with Crippen molar-refractivity contribution in [3.8, 4) is 5.75 Å². The van der Waals surface area contributed by atoms with Crippen molar-refractivity contribution in [1.29, 1.82) is 0 Å². The van der Waals surface area contributed by atoms with Gasteiger partial charge < -0.3 is 14.2 Å².